The van der Waals surface area contributed by atoms with Crippen molar-refractivity contribution in [2.45, 2.75) is 12.2 Å². The summed E-state index contributed by atoms with van der Waals surface area (Å²) < 4.78 is 34.0. The van der Waals surface area contributed by atoms with Gasteiger partial charge in [0.05, 0.1) is 12.4 Å². The smallest absolute Gasteiger partial charge is 0.321 e. The molecule has 34 heavy (non-hydrogen) atoms. The van der Waals surface area contributed by atoms with E-state index in [-0.39, 0.29) is 31.5 Å². The van der Waals surface area contributed by atoms with Crippen molar-refractivity contribution in [3.05, 3.63) is 66.2 Å². The van der Waals surface area contributed by atoms with Crippen LogP contribution in [0.25, 0.3) is 5.57 Å². The number of carbonyl (C=O) groups is 2. The quantitative estimate of drug-likeness (QED) is 0.303. The molecule has 0 bridgehead atoms. The van der Waals surface area contributed by atoms with Gasteiger partial charge in [0.15, 0.2) is 6.10 Å². The van der Waals surface area contributed by atoms with Crippen LogP contribution in [0.2, 0.25) is 0 Å². The second-order valence-corrected chi connectivity index (χ2v) is 7.60. The lowest BCUT2D eigenvalue weighted by Crippen LogP contribution is -2.29. The van der Waals surface area contributed by atoms with Gasteiger partial charge in [-0.15, -0.1) is 23.2 Å². The highest BCUT2D eigenvalue weighted by Crippen LogP contribution is 2.25. The Hall–Kier alpha value is -2.81. The van der Waals surface area contributed by atoms with Gasteiger partial charge < -0.3 is 24.7 Å². The average Bonchev–Trinajstić information content (AvgIpc) is 2.88. The molecule has 0 radical (unpaired) electrons. The lowest BCUT2D eigenvalue weighted by Gasteiger charge is -2.16. The Morgan fingerprint density at radius 1 is 0.853 bits per heavy atom. The molecule has 2 N–H and O–H groups in total. The summed E-state index contributed by atoms with van der Waals surface area (Å²) in [7, 11) is 0. The first-order chi connectivity index (χ1) is 16.4. The Kier molecular flexibility index (Phi) is 11.7. The zero-order valence-electron chi connectivity index (χ0n) is 18.4. The van der Waals surface area contributed by atoms with Gasteiger partial charge in [0.1, 0.15) is 43.4 Å². The van der Waals surface area contributed by atoms with Crippen LogP contribution in [0.3, 0.4) is 0 Å². The maximum Gasteiger partial charge on any atom is 0.321 e. The van der Waals surface area contributed by atoms with Crippen LogP contribution >= 0.6 is 23.2 Å². The van der Waals surface area contributed by atoms with Crippen LogP contribution in [0.15, 0.2) is 55.1 Å². The van der Waals surface area contributed by atoms with Crippen LogP contribution in [0.4, 0.5) is 4.39 Å². The summed E-state index contributed by atoms with van der Waals surface area (Å²) in [5, 5.41) is 0. The molecule has 7 nitrogen and oxygen atoms in total. The highest BCUT2D eigenvalue weighted by Gasteiger charge is 2.15. The molecule has 0 aliphatic heterocycles. The lowest BCUT2D eigenvalue weighted by molar-refractivity contribution is -0.148. The fraction of sp³-hybridized carbons (Fsp3) is 0.333. The van der Waals surface area contributed by atoms with Gasteiger partial charge in [0.25, 0.3) is 0 Å². The molecule has 0 aliphatic carbocycles. The number of alkyl halides is 3. The number of rotatable bonds is 14. The molecule has 2 aromatic rings. The zero-order chi connectivity index (χ0) is 24.9. The van der Waals surface area contributed by atoms with Crippen molar-refractivity contribution in [3.63, 3.8) is 0 Å². The highest BCUT2D eigenvalue weighted by molar-refractivity contribution is 6.26. The van der Waals surface area contributed by atoms with Crippen LogP contribution in [0.5, 0.6) is 11.5 Å². The molecular formula is C24H26Cl2FNO6. The maximum absolute atomic E-state index is 13.0. The van der Waals surface area contributed by atoms with E-state index in [2.05, 4.69) is 6.58 Å². The van der Waals surface area contributed by atoms with Crippen LogP contribution in [0.1, 0.15) is 11.1 Å². The van der Waals surface area contributed by atoms with E-state index in [9.17, 15) is 14.0 Å². The minimum absolute atomic E-state index is 0.0906. The number of nitrogens with two attached hydrogens (primary N) is 1. The first kappa shape index (κ1) is 27.4. The highest BCUT2D eigenvalue weighted by atomic mass is 35.5. The van der Waals surface area contributed by atoms with Gasteiger partial charge in [-0.05, 0) is 41.0 Å². The van der Waals surface area contributed by atoms with Crippen LogP contribution < -0.4 is 15.2 Å². The molecule has 2 atom stereocenters. The van der Waals surface area contributed by atoms with E-state index in [1.165, 1.54) is 0 Å². The van der Waals surface area contributed by atoms with E-state index in [0.717, 1.165) is 16.7 Å². The van der Waals surface area contributed by atoms with Gasteiger partial charge in [0, 0.05) is 0 Å². The van der Waals surface area contributed by atoms with Crippen molar-refractivity contribution < 1.29 is 32.9 Å². The molecule has 0 saturated carbocycles. The molecule has 2 unspecified atom stereocenters. The first-order valence-corrected chi connectivity index (χ1v) is 11.4. The van der Waals surface area contributed by atoms with Crippen LogP contribution in [-0.4, -0.2) is 62.3 Å². The molecule has 184 valence electrons. The second-order valence-electron chi connectivity index (χ2n) is 7.02. The lowest BCUT2D eigenvalue weighted by atomic mass is 9.99. The Labute approximate surface area is 207 Å². The first-order valence-electron chi connectivity index (χ1n) is 10.3. The van der Waals surface area contributed by atoms with E-state index in [1.807, 2.05) is 24.3 Å². The van der Waals surface area contributed by atoms with E-state index < -0.39 is 30.8 Å². The number of esters is 2. The summed E-state index contributed by atoms with van der Waals surface area (Å²) in [5.41, 5.74) is 7.72. The monoisotopic (exact) mass is 513 g/mol. The van der Waals surface area contributed by atoms with Crippen LogP contribution in [0, 0.1) is 0 Å². The molecular weight excluding hydrogens is 488 g/mol. The van der Waals surface area contributed by atoms with Gasteiger partial charge >= 0.3 is 11.9 Å². The standard InChI is InChI=1S/C24H26Cl2FNO6/c1-16(17-2-6-19(7-3-17)31-14-21(10-25)33-24(30)13-28)18-4-8-20(9-5-18)32-15-22(12-27)34-23(29)11-26/h2-9,21-22H,1,10-15,28H2. The van der Waals surface area contributed by atoms with Crippen molar-refractivity contribution >= 4 is 40.7 Å². The number of benzene rings is 2. The van der Waals surface area contributed by atoms with E-state index in [1.54, 1.807) is 24.3 Å². The van der Waals surface area contributed by atoms with Gasteiger partial charge in [-0.2, -0.15) is 0 Å². The molecule has 0 saturated heterocycles. The molecule has 0 amide bonds. The largest absolute Gasteiger partial charge is 0.490 e. The maximum atomic E-state index is 13.0. The predicted molar refractivity (Wildman–Crippen MR) is 128 cm³/mol. The normalized spacial score (nSPS) is 12.4. The van der Waals surface area contributed by atoms with Gasteiger partial charge in [-0.3, -0.25) is 9.59 Å². The third-order valence-corrected chi connectivity index (χ3v) is 5.06. The minimum Gasteiger partial charge on any atom is -0.490 e. The third-order valence-electron chi connectivity index (χ3n) is 4.49. The number of carbonyl (C=O) groups excluding carboxylic acids is 2. The van der Waals surface area contributed by atoms with Crippen molar-refractivity contribution in [1.29, 1.82) is 0 Å². The van der Waals surface area contributed by atoms with Gasteiger partial charge in [-0.25, -0.2) is 4.39 Å². The van der Waals surface area contributed by atoms with Crippen molar-refractivity contribution in [1.82, 2.24) is 0 Å². The van der Waals surface area contributed by atoms with E-state index >= 15 is 0 Å². The van der Waals surface area contributed by atoms with Gasteiger partial charge in [0.2, 0.25) is 0 Å². The molecule has 0 aliphatic rings. The van der Waals surface area contributed by atoms with E-state index in [0.29, 0.717) is 11.5 Å². The summed E-state index contributed by atoms with van der Waals surface area (Å²) in [5.74, 6) is -0.438. The number of hydrogen-bond acceptors (Lipinski definition) is 7. The fourth-order valence-corrected chi connectivity index (χ4v) is 2.94. The SMILES string of the molecule is C=C(c1ccc(OCC(CF)OC(=O)CCl)cc1)c1ccc(OCC(CCl)OC(=O)CN)cc1. The Morgan fingerprint density at radius 2 is 1.32 bits per heavy atom. The zero-order valence-corrected chi connectivity index (χ0v) is 19.9. The summed E-state index contributed by atoms with van der Waals surface area (Å²) in [6.07, 6.45) is -1.62. The minimum atomic E-state index is -1.02. The number of halogens is 3. The predicted octanol–water partition coefficient (Wildman–Crippen LogP) is 3.74. The molecule has 0 heterocycles. The summed E-state index contributed by atoms with van der Waals surface area (Å²) in [4.78, 5) is 22.5. The van der Waals surface area contributed by atoms with Crippen molar-refractivity contribution in [3.8, 4) is 11.5 Å². The van der Waals surface area contributed by atoms with E-state index in [4.69, 9.17) is 47.9 Å². The molecule has 0 spiro atoms. The Balaban J connectivity index is 1.90. The molecule has 2 aromatic carbocycles. The Morgan fingerprint density at radius 3 is 1.74 bits per heavy atom. The summed E-state index contributed by atoms with van der Waals surface area (Å²) in [6.45, 7) is 3.00. The average molecular weight is 514 g/mol. The summed E-state index contributed by atoms with van der Waals surface area (Å²) in [6, 6.07) is 14.3. The topological polar surface area (TPSA) is 97.1 Å². The fourth-order valence-electron chi connectivity index (χ4n) is 2.72. The molecule has 0 fully saturated rings. The molecule has 10 heteroatoms. The van der Waals surface area contributed by atoms with Crippen LogP contribution in [-0.2, 0) is 19.1 Å². The second kappa shape index (κ2) is 14.5. The van der Waals surface area contributed by atoms with Gasteiger partial charge in [-0.1, -0.05) is 30.8 Å². The third kappa shape index (κ3) is 8.85. The van der Waals surface area contributed by atoms with Crippen molar-refractivity contribution in [2.24, 2.45) is 5.73 Å². The molecule has 2 rings (SSSR count). The molecule has 0 aromatic heterocycles. The Bertz CT molecular complexity index is 864. The number of ether oxygens (including phenoxy) is 4. The summed E-state index contributed by atoms with van der Waals surface area (Å²) >= 11 is 11.1. The van der Waals surface area contributed by atoms with Crippen molar-refractivity contribution in [2.75, 3.05) is 38.2 Å². The number of hydrogen-bond donors (Lipinski definition) is 1.